The number of rotatable bonds is 6. The van der Waals surface area contributed by atoms with Crippen LogP contribution in [-0.4, -0.2) is 85.3 Å². The summed E-state index contributed by atoms with van der Waals surface area (Å²) >= 11 is 0. The van der Waals surface area contributed by atoms with Crippen molar-refractivity contribution in [3.8, 4) is 0 Å². The summed E-state index contributed by atoms with van der Waals surface area (Å²) in [6.07, 6.45) is 1.68. The molecule has 4 rings (SSSR count). The number of aliphatic hydroxyl groups excluding tert-OH is 1. The van der Waals surface area contributed by atoms with Crippen LogP contribution in [0.5, 0.6) is 0 Å². The Bertz CT molecular complexity index is 1180. The number of non-ortho nitro benzene ring substituents is 1. The van der Waals surface area contributed by atoms with Gasteiger partial charge in [-0.3, -0.25) is 15.0 Å². The highest BCUT2D eigenvalue weighted by Gasteiger charge is 2.57. The lowest BCUT2D eigenvalue weighted by Crippen LogP contribution is -2.54. The van der Waals surface area contributed by atoms with E-state index in [2.05, 4.69) is 0 Å². The number of alkyl halides is 1. The Morgan fingerprint density at radius 1 is 1.32 bits per heavy atom. The summed E-state index contributed by atoms with van der Waals surface area (Å²) < 4.78 is 61.7. The molecule has 184 valence electrons. The highest BCUT2D eigenvalue weighted by Crippen LogP contribution is 2.44. The summed E-state index contributed by atoms with van der Waals surface area (Å²) in [5.74, 6) is -2.08. The van der Waals surface area contributed by atoms with Crippen LogP contribution in [0.15, 0.2) is 47.0 Å². The predicted molar refractivity (Wildman–Crippen MR) is 113 cm³/mol. The number of benzene rings is 1. The summed E-state index contributed by atoms with van der Waals surface area (Å²) in [5, 5.41) is 21.1. The van der Waals surface area contributed by atoms with Gasteiger partial charge in [-0.2, -0.15) is 9.28 Å². The van der Waals surface area contributed by atoms with Crippen molar-refractivity contribution in [3.05, 3.63) is 52.2 Å². The first-order chi connectivity index (χ1) is 16.0. The second-order valence-corrected chi connectivity index (χ2v) is 9.49. The van der Waals surface area contributed by atoms with E-state index in [-0.39, 0.29) is 38.4 Å². The van der Waals surface area contributed by atoms with Gasteiger partial charge in [-0.1, -0.05) is 6.08 Å². The first kappa shape index (κ1) is 24.4. The Kier molecular flexibility index (Phi) is 6.30. The van der Waals surface area contributed by atoms with E-state index >= 15 is 4.39 Å². The van der Waals surface area contributed by atoms with Crippen molar-refractivity contribution in [1.29, 1.82) is 0 Å². The maximum absolute atomic E-state index is 16.1. The zero-order chi connectivity index (χ0) is 24.7. The molecule has 0 aromatic heterocycles. The molecule has 2 unspecified atom stereocenters. The summed E-state index contributed by atoms with van der Waals surface area (Å²) in [4.78, 5) is 24.5. The number of morpholine rings is 1. The number of allylic oxidation sites excluding steroid dienone is 1. The van der Waals surface area contributed by atoms with Crippen LogP contribution in [0.4, 0.5) is 20.6 Å². The number of quaternary nitrogens is 1. The molecule has 12 nitrogen and oxygen atoms in total. The van der Waals surface area contributed by atoms with Gasteiger partial charge >= 0.3 is 6.09 Å². The molecule has 34 heavy (non-hydrogen) atoms. The third kappa shape index (κ3) is 4.12. The highest BCUT2D eigenvalue weighted by molar-refractivity contribution is 7.86. The normalized spacial score (nSPS) is 30.1. The SMILES string of the molecule is O=C1O[C@@H](CO)C[N+]1(C1=CC(F)(N2CCOCC2)CC=C1)c1cc([N+](=O)[O-])ccc1S(=O)(=O)[O-]. The molecule has 0 spiro atoms. The van der Waals surface area contributed by atoms with Crippen LogP contribution < -0.4 is 4.48 Å². The first-order valence-electron chi connectivity index (χ1n) is 10.4. The fourth-order valence-corrected chi connectivity index (χ4v) is 5.20. The smallest absolute Gasteiger partial charge is 0.527 e. The monoisotopic (exact) mass is 499 g/mol. The van der Waals surface area contributed by atoms with Crippen LogP contribution in [0.1, 0.15) is 6.42 Å². The number of halogens is 1. The van der Waals surface area contributed by atoms with Crippen molar-refractivity contribution in [2.75, 3.05) is 39.5 Å². The molecule has 3 atom stereocenters. The van der Waals surface area contributed by atoms with Gasteiger partial charge in [0.05, 0.1) is 30.8 Å². The van der Waals surface area contributed by atoms with Crippen LogP contribution in [0.3, 0.4) is 0 Å². The second-order valence-electron chi connectivity index (χ2n) is 8.14. The Labute approximate surface area is 194 Å². The van der Waals surface area contributed by atoms with E-state index in [1.54, 1.807) is 0 Å². The molecule has 0 bridgehead atoms. The van der Waals surface area contributed by atoms with Gasteiger partial charge in [0, 0.05) is 31.7 Å². The average molecular weight is 499 g/mol. The summed E-state index contributed by atoms with van der Waals surface area (Å²) in [7, 11) is -5.22. The lowest BCUT2D eigenvalue weighted by atomic mass is 9.99. The summed E-state index contributed by atoms with van der Waals surface area (Å²) in [5.41, 5.74) is -1.21. The fourth-order valence-electron chi connectivity index (χ4n) is 4.49. The standard InChI is InChI=1S/C20H22FN3O9S/c21-20(22-6-8-32-9-7-22)5-1-2-15(11-20)24(12-16(13-25)33-19(24)26)17-10-14(23(27)28)3-4-18(17)34(29,30)31/h1-4,10-11,16,25H,5-9,12-13H2/t16-,20?,24?/m1/s1. The van der Waals surface area contributed by atoms with Gasteiger partial charge in [0.1, 0.15) is 27.3 Å². The molecule has 3 aliphatic rings. The molecule has 0 radical (unpaired) electrons. The third-order valence-electron chi connectivity index (χ3n) is 6.13. The first-order valence-corrected chi connectivity index (χ1v) is 11.8. The fraction of sp³-hybridized carbons (Fsp3) is 0.450. The van der Waals surface area contributed by atoms with Crippen molar-refractivity contribution in [2.24, 2.45) is 0 Å². The third-order valence-corrected chi connectivity index (χ3v) is 7.02. The van der Waals surface area contributed by atoms with Gasteiger partial charge in [0.25, 0.3) is 5.69 Å². The van der Waals surface area contributed by atoms with Crippen LogP contribution in [-0.2, 0) is 19.6 Å². The van der Waals surface area contributed by atoms with Crippen molar-refractivity contribution >= 4 is 27.6 Å². The molecule has 1 aromatic carbocycles. The van der Waals surface area contributed by atoms with E-state index in [1.807, 2.05) is 0 Å². The molecular weight excluding hydrogens is 477 g/mol. The Morgan fingerprint density at radius 3 is 2.62 bits per heavy atom. The van der Waals surface area contributed by atoms with Crippen molar-refractivity contribution in [1.82, 2.24) is 9.38 Å². The minimum Gasteiger partial charge on any atom is -0.744 e. The molecule has 2 heterocycles. The number of nitro benzene ring substituents is 1. The predicted octanol–water partition coefficient (Wildman–Crippen LogP) is 1.16. The quantitative estimate of drug-likeness (QED) is 0.198. The molecule has 2 aliphatic heterocycles. The molecule has 2 fully saturated rings. The number of nitrogens with zero attached hydrogens (tertiary/aromatic N) is 3. The van der Waals surface area contributed by atoms with Crippen molar-refractivity contribution < 1.29 is 41.7 Å². The number of amides is 1. The van der Waals surface area contributed by atoms with Crippen molar-refractivity contribution in [3.63, 3.8) is 0 Å². The maximum Gasteiger partial charge on any atom is 0.527 e. The minimum absolute atomic E-state index is 0.0728. The summed E-state index contributed by atoms with van der Waals surface area (Å²) in [6.45, 7) is 0.0483. The van der Waals surface area contributed by atoms with E-state index in [1.165, 1.54) is 17.1 Å². The van der Waals surface area contributed by atoms with Gasteiger partial charge < -0.3 is 19.1 Å². The van der Waals surface area contributed by atoms with E-state index in [9.17, 15) is 33.0 Å². The number of ether oxygens (including phenoxy) is 2. The lowest BCUT2D eigenvalue weighted by Gasteiger charge is -2.40. The topological polar surface area (TPSA) is 159 Å². The summed E-state index contributed by atoms with van der Waals surface area (Å²) in [6, 6.07) is 2.37. The van der Waals surface area contributed by atoms with Crippen LogP contribution >= 0.6 is 0 Å². The molecule has 2 saturated heterocycles. The van der Waals surface area contributed by atoms with Gasteiger partial charge in [-0.15, -0.1) is 0 Å². The number of hydrogen-bond donors (Lipinski definition) is 1. The zero-order valence-electron chi connectivity index (χ0n) is 17.8. The lowest BCUT2D eigenvalue weighted by molar-refractivity contribution is -0.384. The van der Waals surface area contributed by atoms with Gasteiger partial charge in [-0.05, 0) is 12.1 Å². The van der Waals surface area contributed by atoms with Crippen LogP contribution in [0.25, 0.3) is 0 Å². The molecule has 1 aromatic rings. The number of aliphatic hydroxyl groups is 1. The number of cyclic esters (lactones) is 1. The van der Waals surface area contributed by atoms with Gasteiger partial charge in [-0.25, -0.2) is 12.8 Å². The van der Waals surface area contributed by atoms with Crippen LogP contribution in [0, 0.1) is 10.1 Å². The Hall–Kier alpha value is -2.75. The Balaban J connectivity index is 1.97. The highest BCUT2D eigenvalue weighted by atomic mass is 32.2. The van der Waals surface area contributed by atoms with Crippen molar-refractivity contribution in [2.45, 2.75) is 23.2 Å². The second kappa shape index (κ2) is 8.79. The van der Waals surface area contributed by atoms with Crippen LogP contribution in [0.2, 0.25) is 0 Å². The molecule has 14 heteroatoms. The number of hydrogen-bond acceptors (Lipinski definition) is 10. The van der Waals surface area contributed by atoms with E-state index in [0.29, 0.717) is 0 Å². The average Bonchev–Trinajstić information content (AvgIpc) is 3.16. The largest absolute Gasteiger partial charge is 0.744 e. The number of carbonyl (C=O) groups excluding carboxylic acids is 1. The minimum atomic E-state index is -5.22. The molecule has 1 aliphatic carbocycles. The Morgan fingerprint density at radius 2 is 2.03 bits per heavy atom. The van der Waals surface area contributed by atoms with E-state index in [0.717, 1.165) is 24.3 Å². The molecule has 1 N–H and O–H groups in total. The molecule has 1 amide bonds. The van der Waals surface area contributed by atoms with Gasteiger partial charge in [0.15, 0.2) is 17.6 Å². The number of nitro groups is 1. The molecular formula is C20H22FN3O9S. The maximum atomic E-state index is 16.1. The van der Waals surface area contributed by atoms with E-state index < -0.39 is 66.9 Å². The van der Waals surface area contributed by atoms with E-state index in [4.69, 9.17) is 9.47 Å². The van der Waals surface area contributed by atoms with Gasteiger partial charge in [0.2, 0.25) is 0 Å². The molecule has 0 saturated carbocycles. The number of carbonyl (C=O) groups is 1. The zero-order valence-corrected chi connectivity index (χ0v) is 18.6.